The summed E-state index contributed by atoms with van der Waals surface area (Å²) in [5.74, 6) is -0.833. The van der Waals surface area contributed by atoms with E-state index in [9.17, 15) is 19.2 Å². The van der Waals surface area contributed by atoms with E-state index in [0.29, 0.717) is 35.0 Å². The fourth-order valence-electron chi connectivity index (χ4n) is 5.54. The molecule has 2 aromatic heterocycles. The van der Waals surface area contributed by atoms with Crippen LogP contribution in [-0.2, 0) is 19.0 Å². The number of anilines is 3. The molecule has 262 valence electrons. The molecule has 1 aromatic carbocycles. The molecule has 3 aromatic rings. The lowest BCUT2D eigenvalue weighted by atomic mass is 9.81. The monoisotopic (exact) mass is 680 g/mol. The maximum absolute atomic E-state index is 16.6. The number of benzene rings is 1. The number of fused-ring (bicyclic) bond motifs is 2. The van der Waals surface area contributed by atoms with E-state index in [0.717, 1.165) is 0 Å². The van der Waals surface area contributed by atoms with Crippen LogP contribution in [0, 0.1) is 18.7 Å². The van der Waals surface area contributed by atoms with E-state index < -0.39 is 41.4 Å². The van der Waals surface area contributed by atoms with Crippen molar-refractivity contribution < 1.29 is 42.5 Å². The number of ether oxygens (including phenoxy) is 4. The number of carbonyl (C=O) groups excluding carboxylic acids is 4. The van der Waals surface area contributed by atoms with Crippen LogP contribution in [0.5, 0.6) is 5.88 Å². The molecule has 0 bridgehead atoms. The van der Waals surface area contributed by atoms with Crippen molar-refractivity contribution in [1.29, 1.82) is 0 Å². The normalized spacial score (nSPS) is 17.2. The first-order valence-electron chi connectivity index (χ1n) is 15.9. The second-order valence-corrected chi connectivity index (χ2v) is 13.9. The largest absolute Gasteiger partial charge is 0.474 e. The molecule has 0 saturated heterocycles. The third-order valence-corrected chi connectivity index (χ3v) is 7.80. The van der Waals surface area contributed by atoms with E-state index in [2.05, 4.69) is 25.9 Å². The average molecular weight is 681 g/mol. The number of hydrogen-bond acceptors (Lipinski definition) is 10. The Bertz CT molecular complexity index is 1810. The smallest absolute Gasteiger partial charge is 0.415 e. The maximum Gasteiger partial charge on any atom is 0.415 e. The zero-order chi connectivity index (χ0) is 35.8. The van der Waals surface area contributed by atoms with Gasteiger partial charge in [-0.15, -0.1) is 0 Å². The van der Waals surface area contributed by atoms with Crippen LogP contribution >= 0.6 is 0 Å². The van der Waals surface area contributed by atoms with Gasteiger partial charge in [0.25, 0.3) is 0 Å². The topological polar surface area (TPSA) is 170 Å². The predicted molar refractivity (Wildman–Crippen MR) is 179 cm³/mol. The van der Waals surface area contributed by atoms with Crippen LogP contribution in [0.3, 0.4) is 0 Å². The summed E-state index contributed by atoms with van der Waals surface area (Å²) < 4.78 is 38.8. The Labute approximate surface area is 283 Å². The zero-order valence-corrected chi connectivity index (χ0v) is 28.8. The van der Waals surface area contributed by atoms with E-state index in [4.69, 9.17) is 18.9 Å². The summed E-state index contributed by atoms with van der Waals surface area (Å²) >= 11 is 0. The van der Waals surface area contributed by atoms with E-state index in [1.807, 2.05) is 0 Å². The van der Waals surface area contributed by atoms with Gasteiger partial charge < -0.3 is 24.3 Å². The molecule has 3 heterocycles. The second-order valence-electron chi connectivity index (χ2n) is 13.9. The molecule has 1 fully saturated rings. The molecular weight excluding hydrogens is 639 g/mol. The number of pyridine rings is 2. The fourth-order valence-corrected chi connectivity index (χ4v) is 5.54. The van der Waals surface area contributed by atoms with E-state index in [-0.39, 0.29) is 53.3 Å². The molecule has 2 aliphatic rings. The molecule has 5 rings (SSSR count). The van der Waals surface area contributed by atoms with Gasteiger partial charge in [-0.25, -0.2) is 28.7 Å². The summed E-state index contributed by atoms with van der Waals surface area (Å²) in [5, 5.41) is 8.30. The number of carbonyl (C=O) groups is 4. The molecule has 0 radical (unpaired) electrons. The summed E-state index contributed by atoms with van der Waals surface area (Å²) in [6, 6.07) is 3.03. The molecular formula is C34H41FN6O8. The van der Waals surface area contributed by atoms with Crippen molar-refractivity contribution in [1.82, 2.24) is 15.3 Å². The summed E-state index contributed by atoms with van der Waals surface area (Å²) in [6.07, 6.45) is 0.870. The first-order valence-corrected chi connectivity index (χ1v) is 15.9. The van der Waals surface area contributed by atoms with Gasteiger partial charge in [0.05, 0.1) is 12.2 Å². The Morgan fingerprint density at radius 2 is 1.63 bits per heavy atom. The Morgan fingerprint density at radius 3 is 2.29 bits per heavy atom. The van der Waals surface area contributed by atoms with Crippen molar-refractivity contribution >= 4 is 52.2 Å². The predicted octanol–water partition coefficient (Wildman–Crippen LogP) is 6.30. The molecule has 0 atom stereocenters. The highest BCUT2D eigenvalue weighted by Crippen LogP contribution is 2.42. The number of hydrogen-bond donors (Lipinski definition) is 3. The molecule has 0 spiro atoms. The molecule has 14 nitrogen and oxygen atoms in total. The Balaban J connectivity index is 1.53. The minimum absolute atomic E-state index is 0.0375. The highest BCUT2D eigenvalue weighted by Gasteiger charge is 2.37. The van der Waals surface area contributed by atoms with Gasteiger partial charge in [-0.3, -0.25) is 20.3 Å². The first-order chi connectivity index (χ1) is 22.9. The van der Waals surface area contributed by atoms with Crippen LogP contribution in [0.2, 0.25) is 0 Å². The lowest BCUT2D eigenvalue weighted by molar-refractivity contribution is -0.130. The zero-order valence-electron chi connectivity index (χ0n) is 28.8. The molecule has 49 heavy (non-hydrogen) atoms. The van der Waals surface area contributed by atoms with E-state index in [1.165, 1.54) is 29.4 Å². The van der Waals surface area contributed by atoms with Crippen LogP contribution in [0.15, 0.2) is 24.5 Å². The molecule has 3 N–H and O–H groups in total. The number of amides is 4. The van der Waals surface area contributed by atoms with Gasteiger partial charge in [-0.2, -0.15) is 0 Å². The summed E-state index contributed by atoms with van der Waals surface area (Å²) in [6.45, 7) is 12.4. The van der Waals surface area contributed by atoms with Crippen LogP contribution in [0.4, 0.5) is 36.0 Å². The van der Waals surface area contributed by atoms with Crippen molar-refractivity contribution in [3.63, 3.8) is 0 Å². The highest BCUT2D eigenvalue weighted by atomic mass is 19.1. The van der Waals surface area contributed by atoms with Gasteiger partial charge in [0.1, 0.15) is 35.4 Å². The fraction of sp³-hybridized carbons (Fsp3) is 0.471. The van der Waals surface area contributed by atoms with E-state index in [1.54, 1.807) is 55.5 Å². The summed E-state index contributed by atoms with van der Waals surface area (Å²) in [4.78, 5) is 60.6. The van der Waals surface area contributed by atoms with Gasteiger partial charge in [0, 0.05) is 41.9 Å². The molecule has 0 unspecified atom stereocenters. The van der Waals surface area contributed by atoms with Crippen LogP contribution < -0.4 is 25.6 Å². The molecule has 1 aliphatic carbocycles. The molecule has 15 heteroatoms. The quantitative estimate of drug-likeness (QED) is 0.260. The minimum atomic E-state index is -0.893. The van der Waals surface area contributed by atoms with Gasteiger partial charge in [-0.05, 0) is 84.4 Å². The van der Waals surface area contributed by atoms with Gasteiger partial charge in [-0.1, -0.05) is 0 Å². The molecule has 1 saturated carbocycles. The van der Waals surface area contributed by atoms with Gasteiger partial charge >= 0.3 is 18.3 Å². The number of nitrogens with one attached hydrogen (secondary N) is 3. The lowest BCUT2D eigenvalue weighted by Gasteiger charge is -2.33. The Kier molecular flexibility index (Phi) is 9.57. The van der Waals surface area contributed by atoms with Crippen molar-refractivity contribution in [2.24, 2.45) is 5.92 Å². The van der Waals surface area contributed by atoms with Crippen molar-refractivity contribution in [3.8, 4) is 17.0 Å². The number of halogens is 1. The van der Waals surface area contributed by atoms with Crippen molar-refractivity contribution in [2.45, 2.75) is 78.6 Å². The standard InChI is InChI=1S/C34H41FN6O8/c1-17-22(15-38-29-27(17)41(9-10-46-29)32(45)49-34(5,6)7)21-13-18-14-24(39-30(43)47-20-11-19(12-20)28(42)36-8)37-16-23(18)26(25(21)35)40-31(44)48-33(2,3)4/h13-16,19-20H,9-12H2,1-8H3,(H,36,42)(H,40,44)(H,37,39,43). The minimum Gasteiger partial charge on any atom is -0.474 e. The number of nitrogens with zero attached hydrogens (tertiary/aromatic N) is 3. The van der Waals surface area contributed by atoms with Crippen molar-refractivity contribution in [2.75, 3.05) is 35.7 Å². The summed E-state index contributed by atoms with van der Waals surface area (Å²) in [5.41, 5.74) is -0.692. The highest BCUT2D eigenvalue weighted by molar-refractivity contribution is 6.05. The maximum atomic E-state index is 16.6. The second kappa shape index (κ2) is 13.4. The Morgan fingerprint density at radius 1 is 0.939 bits per heavy atom. The average Bonchev–Trinajstić information content (AvgIpc) is 2.98. The SMILES string of the molecule is CNC(=O)C1CC(OC(=O)Nc2cc3cc(-c4cnc5c(c4C)N(C(=O)OC(C)(C)C)CCO5)c(F)c(NC(=O)OC(C)(C)C)c3cn2)C1. The number of aromatic nitrogens is 2. The lowest BCUT2D eigenvalue weighted by Crippen LogP contribution is -2.42. The molecule has 1 aliphatic heterocycles. The van der Waals surface area contributed by atoms with Crippen molar-refractivity contribution in [3.05, 3.63) is 35.9 Å². The van der Waals surface area contributed by atoms with Crippen LogP contribution in [0.1, 0.15) is 59.9 Å². The third-order valence-electron chi connectivity index (χ3n) is 7.80. The van der Waals surface area contributed by atoms with Crippen LogP contribution in [-0.4, -0.2) is 71.7 Å². The van der Waals surface area contributed by atoms with Gasteiger partial charge in [0.15, 0.2) is 5.82 Å². The first kappa shape index (κ1) is 35.1. The number of rotatable bonds is 5. The molecule has 4 amide bonds. The van der Waals surface area contributed by atoms with Crippen LogP contribution in [0.25, 0.3) is 21.9 Å². The van der Waals surface area contributed by atoms with Gasteiger partial charge in [0.2, 0.25) is 11.8 Å². The summed E-state index contributed by atoms with van der Waals surface area (Å²) in [7, 11) is 1.55. The van der Waals surface area contributed by atoms with E-state index >= 15 is 4.39 Å². The Hall–Kier alpha value is -5.21. The third kappa shape index (κ3) is 7.92.